The van der Waals surface area contributed by atoms with Crippen LogP contribution in [0, 0.1) is 19.7 Å². The Bertz CT molecular complexity index is 928. The zero-order valence-electron chi connectivity index (χ0n) is 13.6. The van der Waals surface area contributed by atoms with Crippen LogP contribution >= 0.6 is 0 Å². The predicted molar refractivity (Wildman–Crippen MR) is 88.2 cm³/mol. The topological polar surface area (TPSA) is 72.9 Å². The molecule has 1 saturated heterocycles. The van der Waals surface area contributed by atoms with Gasteiger partial charge in [0.2, 0.25) is 6.29 Å². The molecule has 1 aliphatic heterocycles. The van der Waals surface area contributed by atoms with E-state index in [0.717, 1.165) is 16.5 Å². The first-order chi connectivity index (χ1) is 11.8. The van der Waals surface area contributed by atoms with Crippen molar-refractivity contribution in [1.82, 2.24) is 0 Å². The SMILES string of the molecule is Cc1ccc(S(=O)(=O)O[C@@H]2CN(c3cccc(F)c3)C(=O)O2)c(C)c1. The second kappa shape index (κ2) is 6.45. The van der Waals surface area contributed by atoms with E-state index in [-0.39, 0.29) is 17.1 Å². The number of halogens is 1. The molecule has 132 valence electrons. The Labute approximate surface area is 144 Å². The number of hydrogen-bond acceptors (Lipinski definition) is 5. The summed E-state index contributed by atoms with van der Waals surface area (Å²) in [6, 6.07) is 10.2. The number of aryl methyl sites for hydroxylation is 2. The summed E-state index contributed by atoms with van der Waals surface area (Å²) < 4.78 is 48.2. The summed E-state index contributed by atoms with van der Waals surface area (Å²) in [4.78, 5) is 13.1. The van der Waals surface area contributed by atoms with Crippen molar-refractivity contribution in [1.29, 1.82) is 0 Å². The molecule has 2 aromatic carbocycles. The molecule has 8 heteroatoms. The molecule has 1 atom stereocenters. The standard InChI is InChI=1S/C17H16FNO5S/c1-11-6-7-15(12(2)8-11)25(21,22)24-16-10-19(17(20)23-16)14-5-3-4-13(18)9-14/h3-9,16H,10H2,1-2H3/t16-/m1/s1. The third kappa shape index (κ3) is 3.64. The number of benzene rings is 2. The van der Waals surface area contributed by atoms with Gasteiger partial charge in [-0.25, -0.2) is 13.4 Å². The van der Waals surface area contributed by atoms with Crippen LogP contribution in [-0.2, 0) is 19.0 Å². The molecule has 0 aromatic heterocycles. The van der Waals surface area contributed by atoms with E-state index in [9.17, 15) is 17.6 Å². The van der Waals surface area contributed by atoms with Crippen LogP contribution in [0.25, 0.3) is 0 Å². The predicted octanol–water partition coefficient (Wildman–Crippen LogP) is 3.13. The van der Waals surface area contributed by atoms with Gasteiger partial charge < -0.3 is 4.74 Å². The van der Waals surface area contributed by atoms with Gasteiger partial charge in [0.15, 0.2) is 0 Å². The molecule has 1 aliphatic rings. The molecule has 2 aromatic rings. The number of carbonyl (C=O) groups is 1. The fraction of sp³-hybridized carbons (Fsp3) is 0.235. The molecule has 0 radical (unpaired) electrons. The molecular weight excluding hydrogens is 349 g/mol. The third-order valence-corrected chi connectivity index (χ3v) is 5.20. The number of amides is 1. The average molecular weight is 365 g/mol. The van der Waals surface area contributed by atoms with Gasteiger partial charge in [0.1, 0.15) is 5.82 Å². The summed E-state index contributed by atoms with van der Waals surface area (Å²) in [5, 5.41) is 0. The average Bonchev–Trinajstić information content (AvgIpc) is 2.86. The highest BCUT2D eigenvalue weighted by atomic mass is 32.2. The van der Waals surface area contributed by atoms with Crippen molar-refractivity contribution in [2.24, 2.45) is 0 Å². The molecule has 0 unspecified atom stereocenters. The molecular formula is C17H16FNO5S. The summed E-state index contributed by atoms with van der Waals surface area (Å²) in [5.74, 6) is -0.516. The van der Waals surface area contributed by atoms with Crippen LogP contribution in [0.15, 0.2) is 47.4 Å². The number of carbonyl (C=O) groups excluding carboxylic acids is 1. The van der Waals surface area contributed by atoms with Crippen molar-refractivity contribution in [3.63, 3.8) is 0 Å². The fourth-order valence-electron chi connectivity index (χ4n) is 2.61. The molecule has 0 spiro atoms. The van der Waals surface area contributed by atoms with E-state index in [2.05, 4.69) is 0 Å². The number of nitrogens with zero attached hydrogens (tertiary/aromatic N) is 1. The van der Waals surface area contributed by atoms with Crippen molar-refractivity contribution < 1.29 is 26.5 Å². The van der Waals surface area contributed by atoms with Crippen molar-refractivity contribution in [3.05, 3.63) is 59.4 Å². The first-order valence-corrected chi connectivity index (χ1v) is 8.91. The summed E-state index contributed by atoms with van der Waals surface area (Å²) in [6.07, 6.45) is -2.10. The summed E-state index contributed by atoms with van der Waals surface area (Å²) in [5.41, 5.74) is 1.72. The molecule has 25 heavy (non-hydrogen) atoms. The summed E-state index contributed by atoms with van der Waals surface area (Å²) >= 11 is 0. The molecule has 1 heterocycles. The quantitative estimate of drug-likeness (QED) is 0.779. The van der Waals surface area contributed by atoms with Crippen LogP contribution in [-0.4, -0.2) is 27.3 Å². The Morgan fingerprint density at radius 3 is 2.64 bits per heavy atom. The lowest BCUT2D eigenvalue weighted by atomic mass is 10.2. The molecule has 6 nitrogen and oxygen atoms in total. The van der Waals surface area contributed by atoms with Gasteiger partial charge in [-0.3, -0.25) is 4.90 Å². The van der Waals surface area contributed by atoms with Crippen LogP contribution in [0.4, 0.5) is 14.9 Å². The van der Waals surface area contributed by atoms with E-state index in [1.807, 2.05) is 6.92 Å². The van der Waals surface area contributed by atoms with Gasteiger partial charge in [0.25, 0.3) is 0 Å². The molecule has 0 aliphatic carbocycles. The van der Waals surface area contributed by atoms with Gasteiger partial charge in [-0.15, -0.1) is 0 Å². The lowest BCUT2D eigenvalue weighted by Gasteiger charge is -2.13. The van der Waals surface area contributed by atoms with Crippen LogP contribution in [0.2, 0.25) is 0 Å². The van der Waals surface area contributed by atoms with E-state index in [1.165, 1.54) is 24.3 Å². The Hall–Kier alpha value is -2.45. The van der Waals surface area contributed by atoms with E-state index < -0.39 is 28.3 Å². The van der Waals surface area contributed by atoms with Gasteiger partial charge in [-0.2, -0.15) is 8.42 Å². The fourth-order valence-corrected chi connectivity index (χ4v) is 3.79. The van der Waals surface area contributed by atoms with Gasteiger partial charge >= 0.3 is 16.2 Å². The maximum absolute atomic E-state index is 13.3. The van der Waals surface area contributed by atoms with E-state index in [1.54, 1.807) is 19.1 Å². The maximum atomic E-state index is 13.3. The van der Waals surface area contributed by atoms with Gasteiger partial charge in [-0.05, 0) is 43.7 Å². The zero-order valence-corrected chi connectivity index (χ0v) is 14.4. The third-order valence-electron chi connectivity index (χ3n) is 3.74. The van der Waals surface area contributed by atoms with Crippen LogP contribution in [0.5, 0.6) is 0 Å². The van der Waals surface area contributed by atoms with Crippen molar-refractivity contribution in [2.45, 2.75) is 25.0 Å². The number of cyclic esters (lactones) is 1. The highest BCUT2D eigenvalue weighted by Gasteiger charge is 2.37. The molecule has 1 fully saturated rings. The number of anilines is 1. The highest BCUT2D eigenvalue weighted by molar-refractivity contribution is 7.86. The van der Waals surface area contributed by atoms with Crippen LogP contribution < -0.4 is 4.90 Å². The second-order valence-electron chi connectivity index (χ2n) is 5.72. The highest BCUT2D eigenvalue weighted by Crippen LogP contribution is 2.26. The minimum Gasteiger partial charge on any atom is -0.416 e. The first kappa shape index (κ1) is 17.4. The Morgan fingerprint density at radius 1 is 1.20 bits per heavy atom. The molecule has 1 amide bonds. The molecule has 0 N–H and O–H groups in total. The largest absolute Gasteiger partial charge is 0.416 e. The number of rotatable bonds is 4. The van der Waals surface area contributed by atoms with Crippen molar-refractivity contribution in [3.8, 4) is 0 Å². The molecule has 0 saturated carbocycles. The van der Waals surface area contributed by atoms with Crippen LogP contribution in [0.1, 0.15) is 11.1 Å². The van der Waals surface area contributed by atoms with E-state index in [4.69, 9.17) is 8.92 Å². The Morgan fingerprint density at radius 2 is 1.96 bits per heavy atom. The Balaban J connectivity index is 1.79. The summed E-state index contributed by atoms with van der Waals surface area (Å²) in [6.45, 7) is 3.34. The van der Waals surface area contributed by atoms with Gasteiger partial charge in [0.05, 0.1) is 17.1 Å². The van der Waals surface area contributed by atoms with E-state index >= 15 is 0 Å². The van der Waals surface area contributed by atoms with Gasteiger partial charge in [-0.1, -0.05) is 23.8 Å². The first-order valence-electron chi connectivity index (χ1n) is 7.50. The zero-order chi connectivity index (χ0) is 18.2. The molecule has 0 bridgehead atoms. The minimum absolute atomic E-state index is 0.0124. The summed E-state index contributed by atoms with van der Waals surface area (Å²) in [7, 11) is -4.11. The lowest BCUT2D eigenvalue weighted by molar-refractivity contribution is 0.0107. The second-order valence-corrected chi connectivity index (χ2v) is 7.26. The number of hydrogen-bond donors (Lipinski definition) is 0. The van der Waals surface area contributed by atoms with Crippen molar-refractivity contribution >= 4 is 21.9 Å². The maximum Gasteiger partial charge on any atom is 0.416 e. The smallest absolute Gasteiger partial charge is 0.416 e. The van der Waals surface area contributed by atoms with Crippen LogP contribution in [0.3, 0.4) is 0 Å². The minimum atomic E-state index is -4.11. The monoisotopic (exact) mass is 365 g/mol. The van der Waals surface area contributed by atoms with E-state index in [0.29, 0.717) is 5.56 Å². The van der Waals surface area contributed by atoms with Crippen molar-refractivity contribution in [2.75, 3.05) is 11.4 Å². The lowest BCUT2D eigenvalue weighted by Crippen LogP contribution is -2.26. The van der Waals surface area contributed by atoms with Gasteiger partial charge in [0, 0.05) is 0 Å². The normalized spacial score (nSPS) is 17.6. The number of ether oxygens (including phenoxy) is 1. The Kier molecular flexibility index (Phi) is 4.49. The molecule has 3 rings (SSSR count).